The average molecular weight is 1400 g/mol. The maximum atomic E-state index is 11.2. The quantitative estimate of drug-likeness (QED) is 0.0677. The number of hydrogen-bond donors (Lipinski definition) is 12. The Morgan fingerprint density at radius 2 is 0.523 bits per heavy atom. The summed E-state index contributed by atoms with van der Waals surface area (Å²) in [4.78, 5) is 0. The summed E-state index contributed by atoms with van der Waals surface area (Å²) in [6, 6.07) is 17.9. The molecule has 508 valence electrons. The molecule has 12 N–H and O–H groups in total. The van der Waals surface area contributed by atoms with Crippen molar-refractivity contribution in [2.75, 3.05) is 39.3 Å². The van der Waals surface area contributed by atoms with Crippen LogP contribution >= 0.6 is 0 Å². The number of aromatic hydroxyl groups is 4. The van der Waals surface area contributed by atoms with E-state index in [0.717, 1.165) is 109 Å². The molecular weight excluding hydrogens is 1280 g/mol. The van der Waals surface area contributed by atoms with E-state index in [-0.39, 0.29) is 128 Å². The van der Waals surface area contributed by atoms with Crippen LogP contribution in [0.5, 0.6) is 23.0 Å². The molecule has 8 bridgehead atoms. The van der Waals surface area contributed by atoms with Crippen LogP contribution in [-0.2, 0) is 140 Å². The molecule has 0 saturated carbocycles. The van der Waals surface area contributed by atoms with E-state index in [4.69, 9.17) is 0 Å². The maximum absolute atomic E-state index is 11.2. The number of benzene rings is 4. The van der Waals surface area contributed by atoms with Crippen LogP contribution in [0.3, 0.4) is 0 Å². The van der Waals surface area contributed by atoms with E-state index in [1.165, 1.54) is 22.3 Å². The topological polar surface area (TPSA) is 177 Å². The van der Waals surface area contributed by atoms with E-state index in [0.29, 0.717) is 87.4 Å². The molecular formula is C72H124N8Ni4O4+8. The minimum Gasteiger partial charge on any atom is -0.507 e. The van der Waals surface area contributed by atoms with Gasteiger partial charge in [0.1, 0.15) is 23.0 Å². The van der Waals surface area contributed by atoms with Crippen molar-refractivity contribution >= 4 is 0 Å². The molecule has 2 aliphatic heterocycles. The third kappa shape index (κ3) is 28.5. The van der Waals surface area contributed by atoms with Crippen LogP contribution in [0.2, 0.25) is 0 Å². The molecule has 2 unspecified atom stereocenters. The summed E-state index contributed by atoms with van der Waals surface area (Å²) < 4.78 is 0. The first kappa shape index (κ1) is 92.1. The third-order valence-electron chi connectivity index (χ3n) is 16.3. The monoisotopic (exact) mass is 1400 g/mol. The van der Waals surface area contributed by atoms with Crippen LogP contribution < -0.4 is 42.5 Å². The number of hydrogen-bond acceptors (Lipinski definition) is 12. The Hall–Kier alpha value is -2.27. The fraction of sp³-hybridized carbons (Fsp3) is 0.611. The van der Waals surface area contributed by atoms with Gasteiger partial charge in [0.05, 0.1) is 0 Å². The van der Waals surface area contributed by atoms with Crippen LogP contribution in [0.15, 0.2) is 48.5 Å². The number of rotatable bonds is 2. The van der Waals surface area contributed by atoms with Gasteiger partial charge in [-0.3, -0.25) is 0 Å². The summed E-state index contributed by atoms with van der Waals surface area (Å²) in [5.41, 5.74) is 12.6. The number of phenolic OH excluding ortho intramolecular Hbond substituents is 4. The Balaban J connectivity index is -0.000000735. The fourth-order valence-corrected chi connectivity index (χ4v) is 10.5. The zero-order valence-electron chi connectivity index (χ0n) is 58.6. The van der Waals surface area contributed by atoms with Crippen molar-refractivity contribution in [3.63, 3.8) is 0 Å². The molecule has 0 saturated heterocycles. The number of nitrogens with one attached hydrogen (secondary N) is 8. The first-order valence-electron chi connectivity index (χ1n) is 30.3. The Kier molecular flexibility index (Phi) is 42.0. The van der Waals surface area contributed by atoms with Gasteiger partial charge < -0.3 is 92.7 Å². The molecule has 2 atom stereocenters. The Morgan fingerprint density at radius 1 is 0.341 bits per heavy atom. The van der Waals surface area contributed by atoms with Gasteiger partial charge in [0.25, 0.3) is 0 Å². The molecule has 2 aliphatic rings. The fourth-order valence-electron chi connectivity index (χ4n) is 10.5. The smallest absolute Gasteiger partial charge is 0.507 e. The van der Waals surface area contributed by atoms with Crippen LogP contribution in [0, 0.1) is 40.5 Å². The molecule has 2 heterocycles. The van der Waals surface area contributed by atoms with Gasteiger partial charge in [0.2, 0.25) is 0 Å². The van der Waals surface area contributed by atoms with Crippen molar-refractivity contribution in [1.29, 1.82) is 0 Å². The summed E-state index contributed by atoms with van der Waals surface area (Å²) in [6.07, 6.45) is 3.96. The summed E-state index contributed by atoms with van der Waals surface area (Å²) in [7, 11) is 0. The van der Waals surface area contributed by atoms with Crippen molar-refractivity contribution in [2.24, 2.45) is 10.8 Å². The molecule has 12 nitrogen and oxygen atoms in total. The largest absolute Gasteiger partial charge is 3.00 e. The zero-order valence-corrected chi connectivity index (χ0v) is 62.5. The number of phenols is 4. The molecule has 4 radical (unpaired) electrons. The van der Waals surface area contributed by atoms with Gasteiger partial charge in [-0.2, -0.15) is 0 Å². The second-order valence-electron chi connectivity index (χ2n) is 29.2. The van der Waals surface area contributed by atoms with Crippen LogP contribution in [0.4, 0.5) is 0 Å². The minimum absolute atomic E-state index is 0. The van der Waals surface area contributed by atoms with E-state index < -0.39 is 0 Å². The molecule has 0 fully saturated rings. The zero-order chi connectivity index (χ0) is 59.4. The number of fused-ring (bicyclic) bond motifs is 8. The Labute approximate surface area is 579 Å². The van der Waals surface area contributed by atoms with Gasteiger partial charge in [-0.15, -0.1) is 0 Å². The van der Waals surface area contributed by atoms with Crippen molar-refractivity contribution in [1.82, 2.24) is 42.5 Å². The second kappa shape index (κ2) is 40.1. The van der Waals surface area contributed by atoms with Gasteiger partial charge in [0, 0.05) is 135 Å². The third-order valence-corrected chi connectivity index (χ3v) is 16.3. The van der Waals surface area contributed by atoms with E-state index in [1.807, 2.05) is 0 Å². The van der Waals surface area contributed by atoms with Crippen molar-refractivity contribution in [2.45, 2.75) is 236 Å². The van der Waals surface area contributed by atoms with E-state index in [1.54, 1.807) is 0 Å². The molecule has 0 amide bonds. The molecule has 6 rings (SSSR count). The first-order chi connectivity index (χ1) is 37.2. The predicted octanol–water partition coefficient (Wildman–Crippen LogP) is 13.7. The molecule has 4 aromatic rings. The Bertz CT molecular complexity index is 2390. The predicted molar refractivity (Wildman–Crippen MR) is 362 cm³/mol. The molecule has 0 aliphatic carbocycles. The summed E-state index contributed by atoms with van der Waals surface area (Å²) in [6.45, 7) is 49.9. The maximum Gasteiger partial charge on any atom is 3.00 e. The average Bonchev–Trinajstić information content (AvgIpc) is 3.39. The summed E-state index contributed by atoms with van der Waals surface area (Å²) >= 11 is 0. The molecule has 16 heteroatoms. The second-order valence-corrected chi connectivity index (χ2v) is 29.2. The van der Waals surface area contributed by atoms with E-state index in [9.17, 15) is 20.4 Å². The standard InChI is InChI=1S/2C34H56N4O2.4CH3.4Ni/c1-31(2,3)27-11-23-15-35-19-33(7,8)21-37-17-25-13-28(32(4,5)6)14-26(30(25)40)18-38-22-34(9,10)20-36-16-24(12-27)29(23)39;1-9-29-11-13-35-19-23-15-28(34(6,7)8)18-26(32(23)40)22-38-30(10-2)12-14-36-20-24-16-27(33(3,4)5)17-25(21-37-29)31(24)39;;;;;;;;/h11-14,35-40H,15-22H2,1-10H3;15-18,29-30,35-40H,9-14,19-22H2,1-8H3;4*1H3;;;;/q;;4*-1;4*+3. The van der Waals surface area contributed by atoms with Crippen LogP contribution in [0.1, 0.15) is 217 Å². The molecule has 4 aromatic carbocycles. The summed E-state index contributed by atoms with van der Waals surface area (Å²) in [5, 5.41) is 73.8. The normalized spacial score (nSPS) is 18.3. The van der Waals surface area contributed by atoms with Gasteiger partial charge in [-0.1, -0.05) is 173 Å². The van der Waals surface area contributed by atoms with Gasteiger partial charge in [-0.25, -0.2) is 0 Å². The van der Waals surface area contributed by atoms with Crippen LogP contribution in [-0.4, -0.2) is 71.8 Å². The van der Waals surface area contributed by atoms with Crippen molar-refractivity contribution in [3.05, 3.63) is 145 Å². The first-order valence-corrected chi connectivity index (χ1v) is 30.3. The molecule has 0 aromatic heterocycles. The summed E-state index contributed by atoms with van der Waals surface area (Å²) in [5.74, 6) is 1.59. The van der Waals surface area contributed by atoms with Crippen molar-refractivity contribution < 1.29 is 86.4 Å². The SMILES string of the molecule is CC1(C)CNCc2cc(C(C)(C)C)cc(c2O)CNCC(C)(C)CNCc2cc(C(C)(C)C)cc(c2O)CNC1.CCC1CCNCc2cc(C(C)(C)C)cc(c2O)CNC(CC)CCNCc2cc(C(C)(C)C)cc(c2O)CN1.[CH3-].[CH3-].[CH3-].[CH3-].[Ni+3].[Ni+3].[Ni+3].[Ni+3]. The van der Waals surface area contributed by atoms with Crippen LogP contribution in [0.25, 0.3) is 0 Å². The molecule has 0 spiro atoms. The van der Waals surface area contributed by atoms with Gasteiger partial charge in [0.15, 0.2) is 0 Å². The minimum atomic E-state index is -0.0182. The molecule has 88 heavy (non-hydrogen) atoms. The van der Waals surface area contributed by atoms with Crippen molar-refractivity contribution in [3.8, 4) is 23.0 Å². The van der Waals surface area contributed by atoms with E-state index in [2.05, 4.69) is 216 Å². The Morgan fingerprint density at radius 3 is 0.705 bits per heavy atom. The van der Waals surface area contributed by atoms with Gasteiger partial charge >= 0.3 is 66.0 Å². The van der Waals surface area contributed by atoms with Gasteiger partial charge in [-0.05, 0) is 93.5 Å². The van der Waals surface area contributed by atoms with E-state index >= 15 is 0 Å².